The Morgan fingerprint density at radius 3 is 2.30 bits per heavy atom. The summed E-state index contributed by atoms with van der Waals surface area (Å²) >= 11 is 11.5. The van der Waals surface area contributed by atoms with Crippen molar-refractivity contribution in [2.45, 2.75) is 11.3 Å². The second-order valence-corrected chi connectivity index (χ2v) is 8.08. The zero-order valence-corrected chi connectivity index (χ0v) is 16.4. The molecule has 144 valence electrons. The minimum absolute atomic E-state index is 0.0118. The van der Waals surface area contributed by atoms with Gasteiger partial charge < -0.3 is 10.6 Å². The molecule has 0 aliphatic heterocycles. The van der Waals surface area contributed by atoms with E-state index in [1.807, 2.05) is 0 Å². The molecule has 0 aliphatic rings. The van der Waals surface area contributed by atoms with E-state index in [-0.39, 0.29) is 24.4 Å². The van der Waals surface area contributed by atoms with Crippen LogP contribution in [0.15, 0.2) is 53.4 Å². The summed E-state index contributed by atoms with van der Waals surface area (Å²) in [5, 5.41) is 5.85. The molecule has 2 aromatic rings. The minimum Gasteiger partial charge on any atom is -0.347 e. The average Bonchev–Trinajstić information content (AvgIpc) is 2.62. The van der Waals surface area contributed by atoms with Gasteiger partial charge in [-0.3, -0.25) is 9.59 Å². The van der Waals surface area contributed by atoms with Gasteiger partial charge in [0.25, 0.3) is 0 Å². The molecule has 0 fully saturated rings. The van der Waals surface area contributed by atoms with Crippen molar-refractivity contribution in [2.24, 2.45) is 0 Å². The van der Waals surface area contributed by atoms with Crippen LogP contribution >= 0.6 is 23.2 Å². The summed E-state index contributed by atoms with van der Waals surface area (Å²) in [5.41, 5.74) is 0.549. The smallest absolute Gasteiger partial charge is 0.243 e. The van der Waals surface area contributed by atoms with E-state index in [9.17, 15) is 18.0 Å². The third-order valence-corrected chi connectivity index (χ3v) is 5.27. The second-order valence-electron chi connectivity index (χ2n) is 5.44. The normalized spacial score (nSPS) is 11.0. The van der Waals surface area contributed by atoms with E-state index in [4.69, 9.17) is 23.2 Å². The fourth-order valence-electron chi connectivity index (χ4n) is 2.02. The van der Waals surface area contributed by atoms with Crippen molar-refractivity contribution < 1.29 is 18.0 Å². The molecular weight excluding hydrogens is 413 g/mol. The summed E-state index contributed by atoms with van der Waals surface area (Å²) in [6, 6.07) is 12.3. The lowest BCUT2D eigenvalue weighted by Gasteiger charge is -2.08. The Morgan fingerprint density at radius 1 is 0.926 bits per heavy atom. The van der Waals surface area contributed by atoms with E-state index in [1.165, 1.54) is 18.2 Å². The van der Waals surface area contributed by atoms with E-state index in [1.54, 1.807) is 30.3 Å². The Kier molecular flexibility index (Phi) is 7.61. The van der Waals surface area contributed by atoms with Gasteiger partial charge in [-0.15, -0.1) is 0 Å². The zero-order chi connectivity index (χ0) is 19.9. The molecule has 7 nitrogen and oxygen atoms in total. The van der Waals surface area contributed by atoms with Crippen LogP contribution in [-0.4, -0.2) is 33.3 Å². The Morgan fingerprint density at radius 2 is 1.63 bits per heavy atom. The van der Waals surface area contributed by atoms with Gasteiger partial charge in [-0.05, 0) is 42.5 Å². The van der Waals surface area contributed by atoms with Crippen LogP contribution in [0.1, 0.15) is 6.42 Å². The van der Waals surface area contributed by atoms with Crippen molar-refractivity contribution in [1.29, 1.82) is 0 Å². The van der Waals surface area contributed by atoms with E-state index >= 15 is 0 Å². The maximum absolute atomic E-state index is 12.1. The number of benzene rings is 2. The van der Waals surface area contributed by atoms with Gasteiger partial charge in [0.05, 0.1) is 11.4 Å². The first-order valence-corrected chi connectivity index (χ1v) is 10.1. The molecule has 2 rings (SSSR count). The van der Waals surface area contributed by atoms with E-state index in [0.29, 0.717) is 15.7 Å². The SMILES string of the molecule is O=C(CCNS(=O)(=O)c1cccc(Cl)c1)NCC(=O)Nc1ccc(Cl)cc1. The lowest BCUT2D eigenvalue weighted by Crippen LogP contribution is -2.35. The number of amides is 2. The predicted molar refractivity (Wildman–Crippen MR) is 104 cm³/mol. The molecule has 3 N–H and O–H groups in total. The quantitative estimate of drug-likeness (QED) is 0.598. The van der Waals surface area contributed by atoms with Crippen LogP contribution < -0.4 is 15.4 Å². The number of halogens is 2. The fourth-order valence-corrected chi connectivity index (χ4v) is 3.48. The van der Waals surface area contributed by atoms with Crippen molar-refractivity contribution in [3.8, 4) is 0 Å². The van der Waals surface area contributed by atoms with Crippen LogP contribution in [0, 0.1) is 0 Å². The van der Waals surface area contributed by atoms with Crippen LogP contribution in [0.3, 0.4) is 0 Å². The summed E-state index contributed by atoms with van der Waals surface area (Å²) in [6.07, 6.45) is -0.117. The van der Waals surface area contributed by atoms with Gasteiger partial charge in [-0.1, -0.05) is 29.3 Å². The minimum atomic E-state index is -3.76. The van der Waals surface area contributed by atoms with Crippen molar-refractivity contribution in [3.63, 3.8) is 0 Å². The molecule has 27 heavy (non-hydrogen) atoms. The summed E-state index contributed by atoms with van der Waals surface area (Å²) in [7, 11) is -3.76. The number of anilines is 1. The van der Waals surface area contributed by atoms with Crippen molar-refractivity contribution in [1.82, 2.24) is 10.0 Å². The van der Waals surface area contributed by atoms with Gasteiger partial charge in [-0.25, -0.2) is 13.1 Å². The number of rotatable bonds is 8. The Balaban J connectivity index is 1.73. The Bertz CT molecular complexity index is 918. The van der Waals surface area contributed by atoms with Gasteiger partial charge in [0, 0.05) is 28.7 Å². The van der Waals surface area contributed by atoms with Crippen LogP contribution in [0.2, 0.25) is 10.0 Å². The number of hydrogen-bond acceptors (Lipinski definition) is 4. The second kappa shape index (κ2) is 9.70. The topological polar surface area (TPSA) is 104 Å². The number of nitrogens with one attached hydrogen (secondary N) is 3. The molecule has 2 amide bonds. The third kappa shape index (κ3) is 7.18. The van der Waals surface area contributed by atoms with Crippen LogP contribution in [0.4, 0.5) is 5.69 Å². The lowest BCUT2D eigenvalue weighted by molar-refractivity contribution is -0.124. The summed E-state index contributed by atoms with van der Waals surface area (Å²) in [4.78, 5) is 23.5. The first kappa shape index (κ1) is 21.2. The Hall–Kier alpha value is -2.13. The van der Waals surface area contributed by atoms with Gasteiger partial charge in [0.2, 0.25) is 21.8 Å². The molecule has 0 unspecified atom stereocenters. The number of sulfonamides is 1. The number of hydrogen-bond donors (Lipinski definition) is 3. The highest BCUT2D eigenvalue weighted by Gasteiger charge is 2.14. The molecule has 0 bridgehead atoms. The molecule has 10 heteroatoms. The maximum Gasteiger partial charge on any atom is 0.243 e. The van der Waals surface area contributed by atoms with Gasteiger partial charge in [-0.2, -0.15) is 0 Å². The van der Waals surface area contributed by atoms with Crippen LogP contribution in [0.5, 0.6) is 0 Å². The summed E-state index contributed by atoms with van der Waals surface area (Å²) in [6.45, 7) is -0.345. The molecule has 0 radical (unpaired) electrons. The zero-order valence-electron chi connectivity index (χ0n) is 14.0. The summed E-state index contributed by atoms with van der Waals surface area (Å²) in [5.74, 6) is -0.875. The van der Waals surface area contributed by atoms with E-state index in [0.717, 1.165) is 0 Å². The molecule has 0 saturated heterocycles. The lowest BCUT2D eigenvalue weighted by atomic mass is 10.3. The third-order valence-electron chi connectivity index (χ3n) is 3.32. The summed E-state index contributed by atoms with van der Waals surface area (Å²) < 4.78 is 26.5. The molecule has 0 heterocycles. The fraction of sp³-hybridized carbons (Fsp3) is 0.176. The van der Waals surface area contributed by atoms with Gasteiger partial charge in [0.1, 0.15) is 0 Å². The maximum atomic E-state index is 12.1. The molecule has 0 saturated carbocycles. The molecular formula is C17H17Cl2N3O4S. The standard InChI is InChI=1S/C17H17Cl2N3O4S/c18-12-4-6-14(7-5-12)22-17(24)11-20-16(23)8-9-21-27(25,26)15-3-1-2-13(19)10-15/h1-7,10,21H,8-9,11H2,(H,20,23)(H,22,24). The first-order chi connectivity index (χ1) is 12.8. The van der Waals surface area contributed by atoms with Gasteiger partial charge >= 0.3 is 0 Å². The van der Waals surface area contributed by atoms with E-state index in [2.05, 4.69) is 15.4 Å². The van der Waals surface area contributed by atoms with Crippen molar-refractivity contribution in [2.75, 3.05) is 18.4 Å². The molecule has 0 atom stereocenters. The largest absolute Gasteiger partial charge is 0.347 e. The van der Waals surface area contributed by atoms with E-state index < -0.39 is 21.8 Å². The molecule has 0 aliphatic carbocycles. The van der Waals surface area contributed by atoms with Gasteiger partial charge in [0.15, 0.2) is 0 Å². The average molecular weight is 430 g/mol. The molecule has 2 aromatic carbocycles. The number of carbonyl (C=O) groups is 2. The van der Waals surface area contributed by atoms with Crippen LogP contribution in [-0.2, 0) is 19.6 Å². The van der Waals surface area contributed by atoms with Crippen molar-refractivity contribution in [3.05, 3.63) is 58.6 Å². The molecule has 0 spiro atoms. The Labute approximate surface area is 167 Å². The van der Waals surface area contributed by atoms with Crippen molar-refractivity contribution >= 4 is 50.7 Å². The highest BCUT2D eigenvalue weighted by molar-refractivity contribution is 7.89. The van der Waals surface area contributed by atoms with Crippen LogP contribution in [0.25, 0.3) is 0 Å². The molecule has 0 aromatic heterocycles. The number of carbonyl (C=O) groups excluding carboxylic acids is 2. The monoisotopic (exact) mass is 429 g/mol. The first-order valence-electron chi connectivity index (χ1n) is 7.83. The predicted octanol–water partition coefficient (Wildman–Crippen LogP) is 2.42. The highest BCUT2D eigenvalue weighted by atomic mass is 35.5. The highest BCUT2D eigenvalue weighted by Crippen LogP contribution is 2.15.